The van der Waals surface area contributed by atoms with Gasteiger partial charge in [-0.05, 0) is 75.6 Å². The third-order valence-electron chi connectivity index (χ3n) is 6.48. The quantitative estimate of drug-likeness (QED) is 0.593. The highest BCUT2D eigenvalue weighted by Crippen LogP contribution is 2.24. The number of aryl methyl sites for hydroxylation is 1. The van der Waals surface area contributed by atoms with E-state index in [9.17, 15) is 4.79 Å². The van der Waals surface area contributed by atoms with Crippen molar-refractivity contribution in [2.45, 2.75) is 77.4 Å². The summed E-state index contributed by atoms with van der Waals surface area (Å²) in [6.45, 7) is 7.85. The highest BCUT2D eigenvalue weighted by atomic mass is 16.2. The van der Waals surface area contributed by atoms with E-state index in [0.29, 0.717) is 24.9 Å². The van der Waals surface area contributed by atoms with E-state index in [2.05, 4.69) is 51.2 Å². The number of aromatic nitrogens is 4. The normalized spacial score (nSPS) is 19.3. The molecule has 0 atom stereocenters. The summed E-state index contributed by atoms with van der Waals surface area (Å²) < 4.78 is 1.89. The first-order valence-electron chi connectivity index (χ1n) is 11.4. The number of nitrogens with zero attached hydrogens (tertiary/aromatic N) is 7. The molecule has 1 saturated heterocycles. The second-order valence-corrected chi connectivity index (χ2v) is 9.21. The fraction of sp³-hybridized carbons (Fsp3) is 0.905. The molecule has 0 N–H and O–H groups in total. The third kappa shape index (κ3) is 6.74. The Morgan fingerprint density at radius 3 is 2.52 bits per heavy atom. The van der Waals surface area contributed by atoms with Crippen LogP contribution >= 0.6 is 0 Å². The zero-order valence-electron chi connectivity index (χ0n) is 18.6. The average molecular weight is 406 g/mol. The van der Waals surface area contributed by atoms with Gasteiger partial charge in [-0.1, -0.05) is 19.8 Å². The zero-order valence-corrected chi connectivity index (χ0v) is 18.6. The molecule has 3 rings (SSSR count). The molecule has 1 aromatic heterocycles. The number of tetrazole rings is 1. The number of amides is 1. The van der Waals surface area contributed by atoms with E-state index in [0.717, 1.165) is 63.7 Å². The zero-order chi connectivity index (χ0) is 20.6. The Kier molecular flexibility index (Phi) is 8.41. The number of hydrogen-bond acceptors (Lipinski definition) is 6. The van der Waals surface area contributed by atoms with Crippen molar-refractivity contribution in [3.63, 3.8) is 0 Å². The molecule has 8 heteroatoms. The first kappa shape index (κ1) is 22.2. The number of hydrogen-bond donors (Lipinski definition) is 0. The Balaban J connectivity index is 1.47. The minimum absolute atomic E-state index is 0.290. The lowest BCUT2D eigenvalue weighted by molar-refractivity contribution is -0.133. The number of likely N-dealkylation sites (N-methyl/N-ethyl adjacent to an activating group) is 1. The van der Waals surface area contributed by atoms with Crippen molar-refractivity contribution in [3.8, 4) is 0 Å². The molecule has 0 spiro atoms. The lowest BCUT2D eigenvalue weighted by Gasteiger charge is -2.30. The van der Waals surface area contributed by atoms with Gasteiger partial charge < -0.3 is 9.80 Å². The van der Waals surface area contributed by atoms with Crippen LogP contribution in [0, 0.1) is 5.92 Å². The minimum atomic E-state index is 0.290. The van der Waals surface area contributed by atoms with Crippen LogP contribution in [-0.4, -0.2) is 87.1 Å². The molecule has 8 nitrogen and oxygen atoms in total. The van der Waals surface area contributed by atoms with E-state index in [4.69, 9.17) is 0 Å². The maximum Gasteiger partial charge on any atom is 0.222 e. The van der Waals surface area contributed by atoms with Crippen molar-refractivity contribution in [3.05, 3.63) is 5.82 Å². The van der Waals surface area contributed by atoms with Gasteiger partial charge in [0, 0.05) is 32.1 Å². The molecule has 0 unspecified atom stereocenters. The van der Waals surface area contributed by atoms with E-state index in [1.165, 1.54) is 25.7 Å². The number of rotatable bonds is 10. The van der Waals surface area contributed by atoms with E-state index in [1.54, 1.807) is 0 Å². The fourth-order valence-electron chi connectivity index (χ4n) is 4.49. The van der Waals surface area contributed by atoms with Gasteiger partial charge in [0.2, 0.25) is 5.91 Å². The predicted molar refractivity (Wildman–Crippen MR) is 113 cm³/mol. The predicted octanol–water partition coefficient (Wildman–Crippen LogP) is 2.02. The van der Waals surface area contributed by atoms with Gasteiger partial charge in [-0.2, -0.15) is 0 Å². The number of piperidine rings is 1. The summed E-state index contributed by atoms with van der Waals surface area (Å²) in [5.41, 5.74) is 0. The number of carbonyl (C=O) groups excluding carboxylic acids is 1. The lowest BCUT2D eigenvalue weighted by Crippen LogP contribution is -2.42. The molecule has 0 aromatic carbocycles. The smallest absolute Gasteiger partial charge is 0.222 e. The highest BCUT2D eigenvalue weighted by Gasteiger charge is 2.26. The van der Waals surface area contributed by atoms with Crippen molar-refractivity contribution in [2.75, 3.05) is 40.3 Å². The first-order valence-corrected chi connectivity index (χ1v) is 11.4. The summed E-state index contributed by atoms with van der Waals surface area (Å²) in [6, 6.07) is 0.438. The number of carbonyl (C=O) groups is 1. The maximum absolute atomic E-state index is 12.9. The van der Waals surface area contributed by atoms with Crippen LogP contribution < -0.4 is 0 Å². The third-order valence-corrected chi connectivity index (χ3v) is 6.48. The molecule has 164 valence electrons. The molecule has 0 bridgehead atoms. The Morgan fingerprint density at radius 2 is 1.83 bits per heavy atom. The summed E-state index contributed by atoms with van der Waals surface area (Å²) in [5.74, 6) is 2.04. The number of likely N-dealkylation sites (tertiary alicyclic amines) is 1. The molecule has 0 radical (unpaired) electrons. The molecular formula is C21H39N7O. The summed E-state index contributed by atoms with van der Waals surface area (Å²) >= 11 is 0. The van der Waals surface area contributed by atoms with Crippen LogP contribution in [0.2, 0.25) is 0 Å². The largest absolute Gasteiger partial charge is 0.338 e. The van der Waals surface area contributed by atoms with Gasteiger partial charge in [-0.3, -0.25) is 9.69 Å². The standard InChI is InChI=1S/C21H39N7O/c1-18-10-13-26(14-11-18)17-20-22-23-24-28(20)12-6-9-21(29)27(16-15-25(2)3)19-7-4-5-8-19/h18-19H,4-17H2,1-3H3. The molecule has 1 aromatic rings. The van der Waals surface area contributed by atoms with Crippen molar-refractivity contribution >= 4 is 5.91 Å². The van der Waals surface area contributed by atoms with Crippen LogP contribution in [0.15, 0.2) is 0 Å². The van der Waals surface area contributed by atoms with Gasteiger partial charge in [0.05, 0.1) is 6.54 Å². The maximum atomic E-state index is 12.9. The van der Waals surface area contributed by atoms with Gasteiger partial charge in [0.25, 0.3) is 0 Å². The van der Waals surface area contributed by atoms with Crippen molar-refractivity contribution < 1.29 is 4.79 Å². The minimum Gasteiger partial charge on any atom is -0.338 e. The molecule has 1 aliphatic heterocycles. The van der Waals surface area contributed by atoms with E-state index >= 15 is 0 Å². The van der Waals surface area contributed by atoms with Gasteiger partial charge in [0.1, 0.15) is 0 Å². The average Bonchev–Trinajstić information content (AvgIpc) is 3.36. The van der Waals surface area contributed by atoms with Gasteiger partial charge in [0.15, 0.2) is 5.82 Å². The Labute approximate surface area is 175 Å². The Bertz CT molecular complexity index is 618. The molecule has 1 saturated carbocycles. The van der Waals surface area contributed by atoms with Crippen molar-refractivity contribution in [1.82, 2.24) is 34.9 Å². The van der Waals surface area contributed by atoms with Crippen LogP contribution in [-0.2, 0) is 17.9 Å². The van der Waals surface area contributed by atoms with E-state index < -0.39 is 0 Å². The summed E-state index contributed by atoms with van der Waals surface area (Å²) in [4.78, 5) is 19.7. The first-order chi connectivity index (χ1) is 14.0. The van der Waals surface area contributed by atoms with Crippen LogP contribution in [0.1, 0.15) is 64.1 Å². The second kappa shape index (κ2) is 11.0. The van der Waals surface area contributed by atoms with Gasteiger partial charge >= 0.3 is 0 Å². The SMILES string of the molecule is CC1CCN(Cc2nnnn2CCCC(=O)N(CCN(C)C)C2CCCC2)CC1. The topological polar surface area (TPSA) is 70.4 Å². The highest BCUT2D eigenvalue weighted by molar-refractivity contribution is 5.76. The molecule has 1 aliphatic carbocycles. The fourth-order valence-corrected chi connectivity index (χ4v) is 4.49. The summed E-state index contributed by atoms with van der Waals surface area (Å²) in [5, 5.41) is 12.3. The van der Waals surface area contributed by atoms with Crippen LogP contribution in [0.5, 0.6) is 0 Å². The van der Waals surface area contributed by atoms with Crippen molar-refractivity contribution in [1.29, 1.82) is 0 Å². The molecule has 2 aliphatic rings. The Morgan fingerprint density at radius 1 is 1.10 bits per heavy atom. The van der Waals surface area contributed by atoms with E-state index in [-0.39, 0.29) is 0 Å². The molecular weight excluding hydrogens is 366 g/mol. The monoisotopic (exact) mass is 405 g/mol. The molecule has 2 heterocycles. The van der Waals surface area contributed by atoms with Gasteiger partial charge in [-0.25, -0.2) is 4.68 Å². The van der Waals surface area contributed by atoms with Crippen LogP contribution in [0.3, 0.4) is 0 Å². The van der Waals surface area contributed by atoms with Crippen LogP contribution in [0.25, 0.3) is 0 Å². The Hall–Kier alpha value is -1.54. The van der Waals surface area contributed by atoms with Gasteiger partial charge in [-0.15, -0.1) is 5.10 Å². The summed E-state index contributed by atoms with van der Waals surface area (Å²) in [7, 11) is 4.14. The lowest BCUT2D eigenvalue weighted by atomic mass is 9.99. The van der Waals surface area contributed by atoms with Crippen LogP contribution in [0.4, 0.5) is 0 Å². The van der Waals surface area contributed by atoms with Crippen molar-refractivity contribution in [2.24, 2.45) is 5.92 Å². The molecule has 29 heavy (non-hydrogen) atoms. The molecule has 1 amide bonds. The van der Waals surface area contributed by atoms with E-state index in [1.807, 2.05) is 4.68 Å². The second-order valence-electron chi connectivity index (χ2n) is 9.21. The molecule has 2 fully saturated rings. The summed E-state index contributed by atoms with van der Waals surface area (Å²) in [6.07, 6.45) is 8.68.